The second kappa shape index (κ2) is 6.86. The average Bonchev–Trinajstić information content (AvgIpc) is 2.97. The fourth-order valence-corrected chi connectivity index (χ4v) is 5.30. The molecule has 3 heterocycles. The molecule has 1 aliphatic heterocycles. The highest BCUT2D eigenvalue weighted by Crippen LogP contribution is 2.47. The van der Waals surface area contributed by atoms with E-state index in [1.54, 1.807) is 23.1 Å². The number of hydrogen-bond donors (Lipinski definition) is 2. The first kappa shape index (κ1) is 17.8. The average molecular weight is 399 g/mol. The van der Waals surface area contributed by atoms with Gasteiger partial charge in [0.25, 0.3) is 5.56 Å². The summed E-state index contributed by atoms with van der Waals surface area (Å²) < 4.78 is 1.02. The highest BCUT2D eigenvalue weighted by Gasteiger charge is 2.27. The predicted octanol–water partition coefficient (Wildman–Crippen LogP) is 3.51. The normalized spacial score (nSPS) is 16.5. The number of aryl methyl sites for hydroxylation is 1. The maximum absolute atomic E-state index is 12.5. The van der Waals surface area contributed by atoms with E-state index in [0.717, 1.165) is 15.1 Å². The van der Waals surface area contributed by atoms with Gasteiger partial charge in [-0.15, -0.1) is 23.1 Å². The number of aliphatic imine (C=N–C) groups is 1. The van der Waals surface area contributed by atoms with Gasteiger partial charge in [-0.2, -0.15) is 0 Å². The molecule has 1 unspecified atom stereocenters. The summed E-state index contributed by atoms with van der Waals surface area (Å²) in [5.41, 5.74) is -0.0121. The highest BCUT2D eigenvalue weighted by molar-refractivity contribution is 7.99. The lowest BCUT2D eigenvalue weighted by Crippen LogP contribution is -2.32. The van der Waals surface area contributed by atoms with Gasteiger partial charge in [0, 0.05) is 33.4 Å². The number of nitrogens with one attached hydrogen (secondary N) is 1. The Morgan fingerprint density at radius 2 is 2.00 bits per heavy atom. The van der Waals surface area contributed by atoms with Crippen LogP contribution in [0.5, 0.6) is 5.88 Å². The van der Waals surface area contributed by atoms with E-state index in [4.69, 9.17) is 0 Å². The minimum Gasteiger partial charge on any atom is -0.494 e. The van der Waals surface area contributed by atoms with Crippen LogP contribution in [0.15, 0.2) is 55.9 Å². The Labute approximate surface area is 163 Å². The van der Waals surface area contributed by atoms with E-state index in [-0.39, 0.29) is 16.7 Å². The first-order valence-electron chi connectivity index (χ1n) is 8.36. The molecule has 138 valence electrons. The number of aromatic nitrogens is 2. The Morgan fingerprint density at radius 3 is 2.74 bits per heavy atom. The molecule has 1 aliphatic rings. The van der Waals surface area contributed by atoms with Crippen molar-refractivity contribution in [2.75, 3.05) is 0 Å². The van der Waals surface area contributed by atoms with Crippen LogP contribution >= 0.6 is 23.1 Å². The van der Waals surface area contributed by atoms with Crippen LogP contribution in [0, 0.1) is 6.92 Å². The molecule has 3 aromatic rings. The van der Waals surface area contributed by atoms with Crippen molar-refractivity contribution < 1.29 is 5.11 Å². The number of nitrogens with zero attached hydrogens (tertiary/aromatic N) is 2. The minimum atomic E-state index is -0.657. The summed E-state index contributed by atoms with van der Waals surface area (Å²) in [4.78, 5) is 34.6. The number of aromatic amines is 1. The molecule has 1 aromatic carbocycles. The van der Waals surface area contributed by atoms with Gasteiger partial charge in [-0.05, 0) is 31.2 Å². The largest absolute Gasteiger partial charge is 0.494 e. The monoisotopic (exact) mass is 399 g/mol. The Bertz CT molecular complexity index is 1170. The van der Waals surface area contributed by atoms with Crippen molar-refractivity contribution in [3.63, 3.8) is 0 Å². The van der Waals surface area contributed by atoms with E-state index >= 15 is 0 Å². The summed E-state index contributed by atoms with van der Waals surface area (Å²) >= 11 is 3.41. The standard InChI is InChI=1S/C19H17N3O3S2/c1-10-7-8-14(26-10)15-9-12(20-11-5-3-4-6-13(11)27-15)16-17(23)21-19(25)22(2)18(16)24/h3-8,15,24H,9H2,1-2H3,(H,21,23,25). The van der Waals surface area contributed by atoms with E-state index in [9.17, 15) is 14.7 Å². The Balaban J connectivity index is 1.92. The second-order valence-electron chi connectivity index (χ2n) is 6.30. The Kier molecular flexibility index (Phi) is 4.53. The van der Waals surface area contributed by atoms with Crippen molar-refractivity contribution in [1.82, 2.24) is 9.55 Å². The van der Waals surface area contributed by atoms with E-state index < -0.39 is 11.2 Å². The first-order valence-corrected chi connectivity index (χ1v) is 10.1. The lowest BCUT2D eigenvalue weighted by Gasteiger charge is -2.14. The zero-order chi connectivity index (χ0) is 19.1. The molecule has 4 rings (SSSR count). The van der Waals surface area contributed by atoms with Crippen LogP contribution in [0.2, 0.25) is 0 Å². The minimum absolute atomic E-state index is 0.0488. The van der Waals surface area contributed by atoms with Gasteiger partial charge >= 0.3 is 5.69 Å². The number of para-hydroxylation sites is 1. The number of hydrogen-bond acceptors (Lipinski definition) is 6. The second-order valence-corrected chi connectivity index (χ2v) is 8.87. The molecule has 0 saturated heterocycles. The summed E-state index contributed by atoms with van der Waals surface area (Å²) in [5.74, 6) is -0.368. The molecule has 2 aromatic heterocycles. The van der Waals surface area contributed by atoms with Gasteiger partial charge in [-0.1, -0.05) is 12.1 Å². The maximum atomic E-state index is 12.5. The van der Waals surface area contributed by atoms with Crippen molar-refractivity contribution in [2.24, 2.45) is 12.0 Å². The topological polar surface area (TPSA) is 87.5 Å². The number of rotatable bonds is 2. The number of thioether (sulfide) groups is 1. The lowest BCUT2D eigenvalue weighted by molar-refractivity contribution is 0.416. The molecule has 1 atom stereocenters. The van der Waals surface area contributed by atoms with Crippen molar-refractivity contribution in [3.05, 3.63) is 72.6 Å². The quantitative estimate of drug-likeness (QED) is 0.690. The molecule has 0 aliphatic carbocycles. The molecular formula is C19H17N3O3S2. The molecule has 0 spiro atoms. The van der Waals surface area contributed by atoms with Crippen molar-refractivity contribution >= 4 is 34.5 Å². The molecule has 6 nitrogen and oxygen atoms in total. The fourth-order valence-electron chi connectivity index (χ4n) is 3.02. The molecule has 0 amide bonds. The van der Waals surface area contributed by atoms with Crippen LogP contribution in [-0.2, 0) is 7.05 Å². The van der Waals surface area contributed by atoms with Gasteiger partial charge in [0.2, 0.25) is 5.88 Å². The third-order valence-electron chi connectivity index (χ3n) is 4.43. The molecule has 2 N–H and O–H groups in total. The lowest BCUT2D eigenvalue weighted by atomic mass is 10.1. The van der Waals surface area contributed by atoms with Crippen LogP contribution in [-0.4, -0.2) is 20.4 Å². The zero-order valence-electron chi connectivity index (χ0n) is 14.7. The molecule has 0 bridgehead atoms. The number of H-pyrrole nitrogens is 1. The first-order chi connectivity index (χ1) is 12.9. The van der Waals surface area contributed by atoms with Crippen LogP contribution in [0.25, 0.3) is 0 Å². The number of aromatic hydroxyl groups is 1. The summed E-state index contributed by atoms with van der Waals surface area (Å²) in [6, 6.07) is 11.9. The Morgan fingerprint density at radius 1 is 1.22 bits per heavy atom. The third kappa shape index (κ3) is 3.26. The van der Waals surface area contributed by atoms with Crippen LogP contribution in [0.3, 0.4) is 0 Å². The number of benzene rings is 1. The van der Waals surface area contributed by atoms with Crippen molar-refractivity contribution in [3.8, 4) is 5.88 Å². The van der Waals surface area contributed by atoms with Gasteiger partial charge in [-0.3, -0.25) is 19.3 Å². The summed E-state index contributed by atoms with van der Waals surface area (Å²) in [7, 11) is 1.41. The number of thiophene rings is 1. The zero-order valence-corrected chi connectivity index (χ0v) is 16.4. The highest BCUT2D eigenvalue weighted by atomic mass is 32.2. The van der Waals surface area contributed by atoms with Crippen LogP contribution in [0.4, 0.5) is 5.69 Å². The van der Waals surface area contributed by atoms with Gasteiger partial charge in [0.15, 0.2) is 0 Å². The van der Waals surface area contributed by atoms with Gasteiger partial charge in [0.05, 0.1) is 11.4 Å². The predicted molar refractivity (Wildman–Crippen MR) is 109 cm³/mol. The van der Waals surface area contributed by atoms with E-state index in [1.165, 1.54) is 16.8 Å². The van der Waals surface area contributed by atoms with E-state index in [0.29, 0.717) is 12.1 Å². The smallest absolute Gasteiger partial charge is 0.330 e. The SMILES string of the molecule is Cc1ccc(C2CC(c3c(O)n(C)c(=O)[nH]c3=O)=Nc3ccccc3S2)s1. The molecule has 0 fully saturated rings. The molecular weight excluding hydrogens is 382 g/mol. The maximum Gasteiger partial charge on any atom is 0.330 e. The van der Waals surface area contributed by atoms with Crippen molar-refractivity contribution in [2.45, 2.75) is 23.5 Å². The van der Waals surface area contributed by atoms with Gasteiger partial charge in [0.1, 0.15) is 5.56 Å². The van der Waals surface area contributed by atoms with E-state index in [2.05, 4.69) is 29.0 Å². The molecule has 0 radical (unpaired) electrons. The van der Waals surface area contributed by atoms with Crippen LogP contribution < -0.4 is 11.2 Å². The van der Waals surface area contributed by atoms with Gasteiger partial charge < -0.3 is 5.11 Å². The summed E-state index contributed by atoms with van der Waals surface area (Å²) in [6.45, 7) is 2.06. The van der Waals surface area contributed by atoms with E-state index in [1.807, 2.05) is 24.3 Å². The molecule has 27 heavy (non-hydrogen) atoms. The van der Waals surface area contributed by atoms with Crippen LogP contribution in [0.1, 0.15) is 27.0 Å². The van der Waals surface area contributed by atoms with Crippen molar-refractivity contribution in [1.29, 1.82) is 0 Å². The fraction of sp³-hybridized carbons (Fsp3) is 0.211. The third-order valence-corrected chi connectivity index (χ3v) is 7.00. The summed E-state index contributed by atoms with van der Waals surface area (Å²) in [6.07, 6.45) is 0.466. The molecule has 0 saturated carbocycles. The van der Waals surface area contributed by atoms with Gasteiger partial charge in [-0.25, -0.2) is 4.79 Å². The Hall–Kier alpha value is -2.58. The number of fused-ring (bicyclic) bond motifs is 1. The molecule has 8 heteroatoms. The summed E-state index contributed by atoms with van der Waals surface area (Å²) in [5, 5.41) is 10.5.